The summed E-state index contributed by atoms with van der Waals surface area (Å²) in [5.41, 5.74) is 0.622. The van der Waals surface area contributed by atoms with Crippen LogP contribution in [0.25, 0.3) is 0 Å². The number of halogens is 1. The van der Waals surface area contributed by atoms with E-state index < -0.39 is 5.38 Å². The van der Waals surface area contributed by atoms with Crippen LogP contribution in [0, 0.1) is 10.8 Å². The number of benzene rings is 1. The number of carbonyl (C=O) groups is 2. The fourth-order valence-electron chi connectivity index (χ4n) is 2.46. The fraction of sp³-hybridized carbons (Fsp3) is 0.143. The van der Waals surface area contributed by atoms with Crippen LogP contribution in [-0.2, 0) is 0 Å². The Labute approximate surface area is 114 Å². The summed E-state index contributed by atoms with van der Waals surface area (Å²) in [6, 6.07) is 6.49. The molecule has 0 aliphatic heterocycles. The van der Waals surface area contributed by atoms with Gasteiger partial charge in [-0.1, -0.05) is 24.3 Å². The van der Waals surface area contributed by atoms with E-state index in [0.29, 0.717) is 5.56 Å². The first-order chi connectivity index (χ1) is 9.02. The minimum atomic E-state index is -0.715. The van der Waals surface area contributed by atoms with E-state index in [1.807, 2.05) is 0 Å². The van der Waals surface area contributed by atoms with Crippen molar-refractivity contribution in [3.63, 3.8) is 0 Å². The van der Waals surface area contributed by atoms with Gasteiger partial charge in [0.2, 0.25) is 0 Å². The molecule has 0 spiro atoms. The summed E-state index contributed by atoms with van der Waals surface area (Å²) in [7, 11) is 0. The van der Waals surface area contributed by atoms with Crippen LogP contribution in [0.5, 0.6) is 0 Å². The molecule has 2 N–H and O–H groups in total. The molecule has 0 amide bonds. The van der Waals surface area contributed by atoms with Crippen LogP contribution in [0.15, 0.2) is 35.4 Å². The van der Waals surface area contributed by atoms with Crippen molar-refractivity contribution in [2.75, 3.05) is 0 Å². The van der Waals surface area contributed by atoms with Gasteiger partial charge in [0.05, 0.1) is 22.2 Å². The zero-order valence-corrected chi connectivity index (χ0v) is 10.5. The number of nitrogens with one attached hydrogen (secondary N) is 2. The van der Waals surface area contributed by atoms with Gasteiger partial charge < -0.3 is 10.8 Å². The third-order valence-electron chi connectivity index (χ3n) is 3.39. The molecule has 3 rings (SSSR count). The molecular formula is C14H9ClN2O2. The number of hydrogen-bond donors (Lipinski definition) is 2. The third-order valence-corrected chi connectivity index (χ3v) is 3.76. The molecule has 0 heterocycles. The molecule has 1 aromatic carbocycles. The zero-order chi connectivity index (χ0) is 13.7. The Morgan fingerprint density at radius 1 is 1.00 bits per heavy atom. The lowest BCUT2D eigenvalue weighted by atomic mass is 9.75. The molecule has 1 unspecified atom stereocenters. The summed E-state index contributed by atoms with van der Waals surface area (Å²) in [5.74, 6) is -0.742. The van der Waals surface area contributed by atoms with E-state index in [4.69, 9.17) is 22.4 Å². The van der Waals surface area contributed by atoms with Crippen LogP contribution in [-0.4, -0.2) is 28.4 Å². The monoisotopic (exact) mass is 272 g/mol. The maximum atomic E-state index is 12.4. The molecule has 0 bridgehead atoms. The van der Waals surface area contributed by atoms with Gasteiger partial charge in [-0.25, -0.2) is 0 Å². The van der Waals surface area contributed by atoms with Crippen LogP contribution >= 0.6 is 11.6 Å². The highest BCUT2D eigenvalue weighted by Gasteiger charge is 2.40. The molecular weight excluding hydrogens is 264 g/mol. The standard InChI is InChI=1S/C14H9ClN2O2/c15-8-5-9(16)10-11(12(8)17)14(19)7-4-2-1-3-6(7)13(10)18/h1-4,8,16-17H,5H2. The highest BCUT2D eigenvalue weighted by molar-refractivity contribution is 6.51. The van der Waals surface area contributed by atoms with Crippen molar-refractivity contribution < 1.29 is 9.59 Å². The predicted molar refractivity (Wildman–Crippen MR) is 71.8 cm³/mol. The minimum Gasteiger partial charge on any atom is -0.304 e. The number of alkyl halides is 1. The highest BCUT2D eigenvalue weighted by atomic mass is 35.5. The lowest BCUT2D eigenvalue weighted by Gasteiger charge is -2.28. The number of ketones is 2. The van der Waals surface area contributed by atoms with E-state index in [1.165, 1.54) is 0 Å². The van der Waals surface area contributed by atoms with Gasteiger partial charge in [-0.15, -0.1) is 11.6 Å². The average Bonchev–Trinajstić information content (AvgIpc) is 2.40. The van der Waals surface area contributed by atoms with Crippen molar-refractivity contribution in [1.29, 1.82) is 10.8 Å². The summed E-state index contributed by atoms with van der Waals surface area (Å²) in [5, 5.41) is 15.1. The van der Waals surface area contributed by atoms with Gasteiger partial charge in [0.15, 0.2) is 11.6 Å². The van der Waals surface area contributed by atoms with Crippen LogP contribution in [0.2, 0.25) is 0 Å². The number of fused-ring (bicyclic) bond motifs is 1. The van der Waals surface area contributed by atoms with E-state index in [9.17, 15) is 9.59 Å². The topological polar surface area (TPSA) is 81.8 Å². The number of rotatable bonds is 0. The molecule has 1 atom stereocenters. The highest BCUT2D eigenvalue weighted by Crippen LogP contribution is 2.33. The van der Waals surface area contributed by atoms with E-state index in [2.05, 4.69) is 0 Å². The van der Waals surface area contributed by atoms with Gasteiger partial charge in [0.1, 0.15) is 0 Å². The van der Waals surface area contributed by atoms with Crippen molar-refractivity contribution in [1.82, 2.24) is 0 Å². The Morgan fingerprint density at radius 2 is 1.53 bits per heavy atom. The van der Waals surface area contributed by atoms with Gasteiger partial charge in [0, 0.05) is 23.3 Å². The minimum absolute atomic E-state index is 0.0000463. The first-order valence-electron chi connectivity index (χ1n) is 5.75. The fourth-order valence-corrected chi connectivity index (χ4v) is 2.72. The van der Waals surface area contributed by atoms with E-state index in [-0.39, 0.29) is 46.1 Å². The quantitative estimate of drug-likeness (QED) is 0.711. The average molecular weight is 273 g/mol. The van der Waals surface area contributed by atoms with Crippen molar-refractivity contribution in [3.05, 3.63) is 46.5 Å². The summed E-state index contributed by atoms with van der Waals surface area (Å²) in [4.78, 5) is 24.8. The molecule has 94 valence electrons. The molecule has 1 aromatic rings. The van der Waals surface area contributed by atoms with Crippen molar-refractivity contribution in [2.24, 2.45) is 0 Å². The molecule has 19 heavy (non-hydrogen) atoms. The number of carbonyl (C=O) groups excluding carboxylic acids is 2. The predicted octanol–water partition coefficient (Wildman–Crippen LogP) is 2.41. The lowest BCUT2D eigenvalue weighted by Crippen LogP contribution is -2.38. The van der Waals surface area contributed by atoms with Crippen LogP contribution < -0.4 is 0 Å². The Bertz CT molecular complexity index is 703. The van der Waals surface area contributed by atoms with Crippen molar-refractivity contribution in [2.45, 2.75) is 11.8 Å². The van der Waals surface area contributed by atoms with Crippen LogP contribution in [0.4, 0.5) is 0 Å². The summed E-state index contributed by atoms with van der Waals surface area (Å²) < 4.78 is 0. The second-order valence-corrected chi connectivity index (χ2v) is 5.04. The van der Waals surface area contributed by atoms with E-state index >= 15 is 0 Å². The SMILES string of the molecule is N=C1CC(Cl)C(=N)C2=C1C(=O)c1ccccc1C2=O. The van der Waals surface area contributed by atoms with Gasteiger partial charge in [-0.05, 0) is 0 Å². The van der Waals surface area contributed by atoms with Crippen LogP contribution in [0.3, 0.4) is 0 Å². The lowest BCUT2D eigenvalue weighted by molar-refractivity contribution is 0.0983. The Morgan fingerprint density at radius 3 is 2.11 bits per heavy atom. The smallest absolute Gasteiger partial charge is 0.196 e. The third kappa shape index (κ3) is 1.53. The van der Waals surface area contributed by atoms with E-state index in [0.717, 1.165) is 0 Å². The number of Topliss-reactive ketones (excluding diaryl/α,β-unsaturated/α-hetero) is 2. The normalized spacial score (nSPS) is 22.5. The molecule has 2 aliphatic carbocycles. The first-order valence-corrected chi connectivity index (χ1v) is 6.19. The maximum Gasteiger partial charge on any atom is 0.196 e. The zero-order valence-electron chi connectivity index (χ0n) is 9.79. The van der Waals surface area contributed by atoms with E-state index in [1.54, 1.807) is 24.3 Å². The Balaban J connectivity index is 2.31. The van der Waals surface area contributed by atoms with Gasteiger partial charge in [-0.3, -0.25) is 9.59 Å². The molecule has 0 saturated heterocycles. The van der Waals surface area contributed by atoms with Crippen LogP contribution in [0.1, 0.15) is 27.1 Å². The molecule has 0 aromatic heterocycles. The van der Waals surface area contributed by atoms with Gasteiger partial charge >= 0.3 is 0 Å². The molecule has 2 aliphatic rings. The van der Waals surface area contributed by atoms with Crippen molar-refractivity contribution in [3.8, 4) is 0 Å². The summed E-state index contributed by atoms with van der Waals surface area (Å²) >= 11 is 5.96. The summed E-state index contributed by atoms with van der Waals surface area (Å²) in [6.07, 6.45) is 0.112. The second kappa shape index (κ2) is 3.96. The first kappa shape index (κ1) is 12.0. The molecule has 5 heteroatoms. The second-order valence-electron chi connectivity index (χ2n) is 4.52. The molecule has 0 saturated carbocycles. The van der Waals surface area contributed by atoms with Gasteiger partial charge in [0.25, 0.3) is 0 Å². The number of hydrogen-bond acceptors (Lipinski definition) is 4. The maximum absolute atomic E-state index is 12.4. The number of allylic oxidation sites excluding steroid dienone is 2. The Hall–Kier alpha value is -2.07. The molecule has 0 radical (unpaired) electrons. The Kier molecular flexibility index (Phi) is 2.50. The van der Waals surface area contributed by atoms with Gasteiger partial charge in [-0.2, -0.15) is 0 Å². The largest absolute Gasteiger partial charge is 0.304 e. The molecule has 4 nitrogen and oxygen atoms in total. The van der Waals surface area contributed by atoms with Crippen molar-refractivity contribution >= 4 is 34.6 Å². The molecule has 0 fully saturated rings. The summed E-state index contributed by atoms with van der Waals surface area (Å²) in [6.45, 7) is 0.